The van der Waals surface area contributed by atoms with Gasteiger partial charge in [0, 0.05) is 11.9 Å². The quantitative estimate of drug-likeness (QED) is 0.646. The zero-order valence-corrected chi connectivity index (χ0v) is 10.4. The highest BCUT2D eigenvalue weighted by Gasteiger charge is 2.07. The molecule has 2 heterocycles. The van der Waals surface area contributed by atoms with Gasteiger partial charge in [-0.3, -0.25) is 19.8 Å². The second-order valence-electron chi connectivity index (χ2n) is 4.19. The highest BCUT2D eigenvalue weighted by molar-refractivity contribution is 5.92. The molecule has 0 atom stereocenters. The van der Waals surface area contributed by atoms with Crippen molar-refractivity contribution in [1.29, 1.82) is 0 Å². The van der Waals surface area contributed by atoms with Crippen LogP contribution in [0.5, 0.6) is 0 Å². The highest BCUT2D eigenvalue weighted by Crippen LogP contribution is 2.17. The van der Waals surface area contributed by atoms with Crippen molar-refractivity contribution in [2.24, 2.45) is 0 Å². The number of anilines is 1. The third-order valence-corrected chi connectivity index (χ3v) is 2.93. The number of rotatable bonds is 3. The van der Waals surface area contributed by atoms with E-state index in [0.29, 0.717) is 23.0 Å². The van der Waals surface area contributed by atoms with Crippen LogP contribution in [0, 0.1) is 0 Å². The Hall–Kier alpha value is -2.96. The SMILES string of the molecule is O=c1[nH][nH]c(=O)c2c(NCc3ccncn3)cccc12. The predicted molar refractivity (Wildman–Crippen MR) is 74.5 cm³/mol. The maximum absolute atomic E-state index is 11.9. The normalized spacial score (nSPS) is 10.6. The molecule has 3 N–H and O–H groups in total. The van der Waals surface area contributed by atoms with E-state index >= 15 is 0 Å². The molecule has 2 aromatic heterocycles. The topological polar surface area (TPSA) is 104 Å². The summed E-state index contributed by atoms with van der Waals surface area (Å²) in [4.78, 5) is 31.5. The summed E-state index contributed by atoms with van der Waals surface area (Å²) in [7, 11) is 0. The van der Waals surface area contributed by atoms with Crippen molar-refractivity contribution in [3.05, 3.63) is 63.2 Å². The van der Waals surface area contributed by atoms with Gasteiger partial charge in [0.2, 0.25) is 0 Å². The molecule has 3 rings (SSSR count). The largest absolute Gasteiger partial charge is 0.379 e. The second-order valence-corrected chi connectivity index (χ2v) is 4.19. The fourth-order valence-electron chi connectivity index (χ4n) is 1.99. The minimum Gasteiger partial charge on any atom is -0.379 e. The highest BCUT2D eigenvalue weighted by atomic mass is 16.1. The van der Waals surface area contributed by atoms with E-state index < -0.39 is 0 Å². The van der Waals surface area contributed by atoms with Crippen LogP contribution >= 0.6 is 0 Å². The number of benzene rings is 1. The van der Waals surface area contributed by atoms with Crippen molar-refractivity contribution in [3.8, 4) is 0 Å². The third-order valence-electron chi connectivity index (χ3n) is 2.93. The molecular formula is C13H11N5O2. The summed E-state index contributed by atoms with van der Waals surface area (Å²) in [6.45, 7) is 0.438. The maximum atomic E-state index is 11.9. The van der Waals surface area contributed by atoms with Gasteiger partial charge in [-0.25, -0.2) is 9.97 Å². The zero-order valence-electron chi connectivity index (χ0n) is 10.4. The van der Waals surface area contributed by atoms with Gasteiger partial charge in [-0.2, -0.15) is 0 Å². The molecule has 0 spiro atoms. The molecular weight excluding hydrogens is 258 g/mol. The Morgan fingerprint density at radius 1 is 1.10 bits per heavy atom. The lowest BCUT2D eigenvalue weighted by Crippen LogP contribution is -2.20. The summed E-state index contributed by atoms with van der Waals surface area (Å²) in [6.07, 6.45) is 3.10. The number of nitrogens with zero attached hydrogens (tertiary/aromatic N) is 2. The van der Waals surface area contributed by atoms with Gasteiger partial charge in [0.25, 0.3) is 11.1 Å². The molecule has 100 valence electrons. The molecule has 0 fully saturated rings. The second kappa shape index (κ2) is 4.96. The Morgan fingerprint density at radius 2 is 1.95 bits per heavy atom. The lowest BCUT2D eigenvalue weighted by atomic mass is 10.1. The van der Waals surface area contributed by atoms with Crippen molar-refractivity contribution in [2.75, 3.05) is 5.32 Å². The summed E-state index contributed by atoms with van der Waals surface area (Å²) in [6, 6.07) is 6.85. The zero-order chi connectivity index (χ0) is 13.9. The molecule has 0 aliphatic carbocycles. The fourth-order valence-corrected chi connectivity index (χ4v) is 1.99. The van der Waals surface area contributed by atoms with Crippen LogP contribution in [0.3, 0.4) is 0 Å². The van der Waals surface area contributed by atoms with Gasteiger partial charge in [0.1, 0.15) is 6.33 Å². The number of hydrogen-bond donors (Lipinski definition) is 3. The number of nitrogens with one attached hydrogen (secondary N) is 3. The van der Waals surface area contributed by atoms with Gasteiger partial charge in [-0.1, -0.05) is 6.07 Å². The first-order valence-corrected chi connectivity index (χ1v) is 5.98. The van der Waals surface area contributed by atoms with Crippen LogP contribution in [0.15, 0.2) is 46.4 Å². The van der Waals surface area contributed by atoms with Gasteiger partial charge in [0.05, 0.1) is 23.0 Å². The van der Waals surface area contributed by atoms with Crippen molar-refractivity contribution in [2.45, 2.75) is 6.54 Å². The van der Waals surface area contributed by atoms with Crippen LogP contribution in [0.2, 0.25) is 0 Å². The number of aromatic amines is 2. The lowest BCUT2D eigenvalue weighted by molar-refractivity contribution is 0.974. The van der Waals surface area contributed by atoms with E-state index in [4.69, 9.17) is 0 Å². The summed E-state index contributed by atoms with van der Waals surface area (Å²) in [5.74, 6) is 0. The van der Waals surface area contributed by atoms with Crippen molar-refractivity contribution in [3.63, 3.8) is 0 Å². The van der Waals surface area contributed by atoms with E-state index in [2.05, 4.69) is 25.5 Å². The van der Waals surface area contributed by atoms with Crippen molar-refractivity contribution in [1.82, 2.24) is 20.2 Å². The third kappa shape index (κ3) is 2.16. The van der Waals surface area contributed by atoms with Crippen molar-refractivity contribution < 1.29 is 0 Å². The minimum atomic E-state index is -0.342. The van der Waals surface area contributed by atoms with Gasteiger partial charge in [-0.15, -0.1) is 0 Å². The molecule has 20 heavy (non-hydrogen) atoms. The summed E-state index contributed by atoms with van der Waals surface area (Å²) < 4.78 is 0. The van der Waals surface area contributed by atoms with Crippen LogP contribution in [-0.2, 0) is 6.54 Å². The summed E-state index contributed by atoms with van der Waals surface area (Å²) in [5, 5.41) is 8.42. The van der Waals surface area contributed by atoms with Crippen LogP contribution in [0.4, 0.5) is 5.69 Å². The average Bonchev–Trinajstić information content (AvgIpc) is 2.50. The van der Waals surface area contributed by atoms with E-state index in [-0.39, 0.29) is 11.1 Å². The smallest absolute Gasteiger partial charge is 0.272 e. The summed E-state index contributed by atoms with van der Waals surface area (Å²) >= 11 is 0. The van der Waals surface area contributed by atoms with Gasteiger partial charge in [0.15, 0.2) is 0 Å². The van der Waals surface area contributed by atoms with E-state index in [1.54, 1.807) is 30.5 Å². The first-order chi connectivity index (χ1) is 9.75. The van der Waals surface area contributed by atoms with Gasteiger partial charge in [-0.05, 0) is 18.2 Å². The Labute approximate surface area is 112 Å². The Bertz CT molecular complexity index is 854. The number of aromatic nitrogens is 4. The Kier molecular flexibility index (Phi) is 3.00. The Morgan fingerprint density at radius 3 is 2.75 bits per heavy atom. The van der Waals surface area contributed by atoms with E-state index in [0.717, 1.165) is 5.69 Å². The molecule has 1 aromatic carbocycles. The first-order valence-electron chi connectivity index (χ1n) is 5.98. The van der Waals surface area contributed by atoms with Crippen LogP contribution in [-0.4, -0.2) is 20.2 Å². The number of H-pyrrole nitrogens is 2. The van der Waals surface area contributed by atoms with Crippen LogP contribution in [0.25, 0.3) is 10.8 Å². The summed E-state index contributed by atoms with van der Waals surface area (Å²) in [5.41, 5.74) is 0.711. The molecule has 0 saturated heterocycles. The standard InChI is InChI=1S/C13H11N5O2/c19-12-9-2-1-3-10(11(9)13(20)18-17-12)15-6-8-4-5-14-7-16-8/h1-5,7,15H,6H2,(H,17,19)(H,18,20). The predicted octanol–water partition coefficient (Wildman–Crippen LogP) is 0.618. The monoisotopic (exact) mass is 269 g/mol. The molecule has 3 aromatic rings. The van der Waals surface area contributed by atoms with E-state index in [9.17, 15) is 9.59 Å². The lowest BCUT2D eigenvalue weighted by Gasteiger charge is -2.08. The Balaban J connectivity index is 2.02. The van der Waals surface area contributed by atoms with Crippen LogP contribution < -0.4 is 16.4 Å². The van der Waals surface area contributed by atoms with Gasteiger partial charge >= 0.3 is 0 Å². The number of hydrogen-bond acceptors (Lipinski definition) is 5. The van der Waals surface area contributed by atoms with E-state index in [1.807, 2.05) is 0 Å². The molecule has 0 radical (unpaired) electrons. The molecule has 0 bridgehead atoms. The van der Waals surface area contributed by atoms with Crippen molar-refractivity contribution >= 4 is 16.5 Å². The molecule has 0 saturated carbocycles. The first kappa shape index (κ1) is 12.1. The minimum absolute atomic E-state index is 0.328. The average molecular weight is 269 g/mol. The van der Waals surface area contributed by atoms with E-state index in [1.165, 1.54) is 6.33 Å². The van der Waals surface area contributed by atoms with Crippen LogP contribution in [0.1, 0.15) is 5.69 Å². The van der Waals surface area contributed by atoms with Gasteiger partial charge < -0.3 is 5.32 Å². The maximum Gasteiger partial charge on any atom is 0.272 e. The molecule has 7 nitrogen and oxygen atoms in total. The number of fused-ring (bicyclic) bond motifs is 1. The molecule has 0 unspecified atom stereocenters. The molecule has 0 amide bonds. The molecule has 7 heteroatoms. The fraction of sp³-hybridized carbons (Fsp3) is 0.0769. The molecule has 0 aliphatic rings. The molecule has 0 aliphatic heterocycles.